The van der Waals surface area contributed by atoms with Crippen LogP contribution in [0.2, 0.25) is 0 Å². The predicted octanol–water partition coefficient (Wildman–Crippen LogP) is 1.88. The Morgan fingerprint density at radius 1 is 1.43 bits per heavy atom. The number of amides is 1. The van der Waals surface area contributed by atoms with Gasteiger partial charge in [-0.05, 0) is 13.0 Å². The Morgan fingerprint density at radius 3 is 3.09 bits per heavy atom. The van der Waals surface area contributed by atoms with E-state index in [9.17, 15) is 4.79 Å². The highest BCUT2D eigenvalue weighted by atomic mass is 16.5. The number of rotatable bonds is 4. The minimum atomic E-state index is -0.418. The molecule has 23 heavy (non-hydrogen) atoms. The van der Waals surface area contributed by atoms with Gasteiger partial charge in [-0.3, -0.25) is 10.1 Å². The van der Waals surface area contributed by atoms with Crippen molar-refractivity contribution in [1.29, 1.82) is 0 Å². The lowest BCUT2D eigenvalue weighted by Crippen LogP contribution is -2.37. The second kappa shape index (κ2) is 6.83. The Labute approximate surface area is 135 Å². The monoisotopic (exact) mass is 315 g/mol. The van der Waals surface area contributed by atoms with Crippen LogP contribution in [0.5, 0.6) is 5.75 Å². The van der Waals surface area contributed by atoms with Gasteiger partial charge in [0.15, 0.2) is 0 Å². The molecule has 0 aliphatic carbocycles. The molecule has 0 saturated heterocycles. The van der Waals surface area contributed by atoms with Crippen LogP contribution in [-0.4, -0.2) is 24.2 Å². The molecule has 3 rings (SSSR count). The number of aryl methyl sites for hydroxylation is 2. The van der Waals surface area contributed by atoms with E-state index in [0.717, 1.165) is 34.8 Å². The first-order valence-corrected chi connectivity index (χ1v) is 7.87. The highest BCUT2D eigenvalue weighted by Gasteiger charge is 2.25. The molecule has 1 atom stereocenters. The number of carbonyl (C=O) groups excluding carboxylic acids is 1. The number of carbonyl (C=O) groups is 1. The smallest absolute Gasteiger partial charge is 0.242 e. The average Bonchev–Trinajstić information content (AvgIpc) is 2.79. The van der Waals surface area contributed by atoms with Gasteiger partial charge in [0, 0.05) is 30.6 Å². The first-order valence-electron chi connectivity index (χ1n) is 7.87. The molecule has 1 aromatic heterocycles. The van der Waals surface area contributed by atoms with Gasteiger partial charge < -0.3 is 14.6 Å². The van der Waals surface area contributed by atoms with E-state index in [1.54, 1.807) is 0 Å². The molecule has 0 radical (unpaired) electrons. The summed E-state index contributed by atoms with van der Waals surface area (Å²) in [5.74, 6) is 1.50. The largest absolute Gasteiger partial charge is 0.492 e. The summed E-state index contributed by atoms with van der Waals surface area (Å²) in [5.41, 5.74) is 2.64. The molecular formula is C17H21N3O3. The van der Waals surface area contributed by atoms with Gasteiger partial charge in [0.2, 0.25) is 5.91 Å². The second-order valence-corrected chi connectivity index (χ2v) is 5.51. The Hall–Kier alpha value is -2.34. The van der Waals surface area contributed by atoms with Crippen LogP contribution in [0.15, 0.2) is 28.8 Å². The Morgan fingerprint density at radius 2 is 2.26 bits per heavy atom. The van der Waals surface area contributed by atoms with Gasteiger partial charge in [0.25, 0.3) is 0 Å². The summed E-state index contributed by atoms with van der Waals surface area (Å²) in [6.45, 7) is 5.48. The highest BCUT2D eigenvalue weighted by Crippen LogP contribution is 2.27. The van der Waals surface area contributed by atoms with Gasteiger partial charge in [0.1, 0.15) is 24.2 Å². The number of para-hydroxylation sites is 1. The van der Waals surface area contributed by atoms with Gasteiger partial charge in [-0.25, -0.2) is 0 Å². The van der Waals surface area contributed by atoms with Crippen LogP contribution in [0.4, 0.5) is 0 Å². The van der Waals surface area contributed by atoms with Crippen molar-refractivity contribution >= 4 is 5.91 Å². The number of hydrogen-bond donors (Lipinski definition) is 2. The van der Waals surface area contributed by atoms with Crippen molar-refractivity contribution in [3.8, 4) is 5.75 Å². The third kappa shape index (κ3) is 3.22. The molecule has 2 N–H and O–H groups in total. The van der Waals surface area contributed by atoms with Crippen LogP contribution in [0.25, 0.3) is 0 Å². The van der Waals surface area contributed by atoms with E-state index in [1.807, 2.05) is 38.1 Å². The maximum Gasteiger partial charge on any atom is 0.242 e. The lowest BCUT2D eigenvalue weighted by atomic mass is 10.0. The molecule has 1 aliphatic heterocycles. The van der Waals surface area contributed by atoms with Crippen molar-refractivity contribution in [2.24, 2.45) is 0 Å². The van der Waals surface area contributed by atoms with Crippen LogP contribution in [0.3, 0.4) is 0 Å². The van der Waals surface area contributed by atoms with Crippen LogP contribution in [0, 0.1) is 6.92 Å². The average molecular weight is 315 g/mol. The Bertz CT molecular complexity index is 696. The molecule has 1 aromatic carbocycles. The van der Waals surface area contributed by atoms with Crippen LogP contribution in [0.1, 0.15) is 35.5 Å². The molecule has 1 amide bonds. The second-order valence-electron chi connectivity index (χ2n) is 5.51. The molecule has 0 saturated carbocycles. The Kier molecular flexibility index (Phi) is 4.62. The number of hydrogen-bond acceptors (Lipinski definition) is 5. The van der Waals surface area contributed by atoms with Gasteiger partial charge in [-0.15, -0.1) is 0 Å². The van der Waals surface area contributed by atoms with Crippen molar-refractivity contribution in [2.45, 2.75) is 32.9 Å². The van der Waals surface area contributed by atoms with Crippen molar-refractivity contribution in [3.05, 3.63) is 46.8 Å². The van der Waals surface area contributed by atoms with Gasteiger partial charge in [0.05, 0.1) is 5.69 Å². The fourth-order valence-electron chi connectivity index (χ4n) is 2.78. The summed E-state index contributed by atoms with van der Waals surface area (Å²) in [6, 6.07) is 7.21. The first kappa shape index (κ1) is 15.6. The molecule has 0 bridgehead atoms. The van der Waals surface area contributed by atoms with E-state index in [0.29, 0.717) is 19.7 Å². The number of fused-ring (bicyclic) bond motifs is 1. The first-order chi connectivity index (χ1) is 11.2. The summed E-state index contributed by atoms with van der Waals surface area (Å²) in [4.78, 5) is 12.6. The topological polar surface area (TPSA) is 76.4 Å². The highest BCUT2D eigenvalue weighted by molar-refractivity contribution is 5.84. The number of nitrogens with zero attached hydrogens (tertiary/aromatic N) is 1. The summed E-state index contributed by atoms with van der Waals surface area (Å²) in [6.07, 6.45) is 0.754. The third-order valence-corrected chi connectivity index (χ3v) is 4.03. The SMILES string of the molecule is CCc1onc(C)c1CNC(=O)C1NCCOc2ccccc21. The summed E-state index contributed by atoms with van der Waals surface area (Å²) in [7, 11) is 0. The fraction of sp³-hybridized carbons (Fsp3) is 0.412. The minimum absolute atomic E-state index is 0.0781. The molecule has 0 fully saturated rings. The maximum atomic E-state index is 12.6. The maximum absolute atomic E-state index is 12.6. The summed E-state index contributed by atoms with van der Waals surface area (Å²) in [5, 5.41) is 10.2. The van der Waals surface area contributed by atoms with Crippen molar-refractivity contribution < 1.29 is 14.1 Å². The van der Waals surface area contributed by atoms with Gasteiger partial charge in [-0.2, -0.15) is 0 Å². The summed E-state index contributed by atoms with van der Waals surface area (Å²) >= 11 is 0. The number of benzene rings is 1. The van der Waals surface area contributed by atoms with E-state index >= 15 is 0 Å². The molecule has 122 valence electrons. The number of aromatic nitrogens is 1. The molecule has 2 heterocycles. The molecule has 6 heteroatoms. The van der Waals surface area contributed by atoms with E-state index in [4.69, 9.17) is 9.26 Å². The molecule has 0 spiro atoms. The van der Waals surface area contributed by atoms with Crippen molar-refractivity contribution in [2.75, 3.05) is 13.2 Å². The van der Waals surface area contributed by atoms with E-state index in [2.05, 4.69) is 15.8 Å². The lowest BCUT2D eigenvalue weighted by Gasteiger charge is -2.17. The standard InChI is InChI=1S/C17H21N3O3/c1-3-14-13(11(2)20-23-14)10-19-17(21)16-12-6-4-5-7-15(12)22-9-8-18-16/h4-7,16,18H,3,8-10H2,1-2H3,(H,19,21). The van der Waals surface area contributed by atoms with E-state index in [-0.39, 0.29) is 5.91 Å². The zero-order chi connectivity index (χ0) is 16.2. The molecule has 1 unspecified atom stereocenters. The molecule has 1 aliphatic rings. The Balaban J connectivity index is 1.74. The summed E-state index contributed by atoms with van der Waals surface area (Å²) < 4.78 is 10.9. The predicted molar refractivity (Wildman–Crippen MR) is 85.1 cm³/mol. The van der Waals surface area contributed by atoms with Gasteiger partial charge in [-0.1, -0.05) is 30.3 Å². The lowest BCUT2D eigenvalue weighted by molar-refractivity contribution is -0.123. The minimum Gasteiger partial charge on any atom is -0.492 e. The zero-order valence-electron chi connectivity index (χ0n) is 13.4. The van der Waals surface area contributed by atoms with E-state index < -0.39 is 6.04 Å². The van der Waals surface area contributed by atoms with E-state index in [1.165, 1.54) is 0 Å². The van der Waals surface area contributed by atoms with Crippen LogP contribution >= 0.6 is 0 Å². The van der Waals surface area contributed by atoms with Crippen LogP contribution < -0.4 is 15.4 Å². The quantitative estimate of drug-likeness (QED) is 0.901. The van der Waals surface area contributed by atoms with Crippen LogP contribution in [-0.2, 0) is 17.8 Å². The molecular weight excluding hydrogens is 294 g/mol. The molecule has 2 aromatic rings. The third-order valence-electron chi connectivity index (χ3n) is 4.03. The zero-order valence-corrected chi connectivity index (χ0v) is 13.4. The number of nitrogens with one attached hydrogen (secondary N) is 2. The van der Waals surface area contributed by atoms with Gasteiger partial charge >= 0.3 is 0 Å². The van der Waals surface area contributed by atoms with Crippen molar-refractivity contribution in [3.63, 3.8) is 0 Å². The number of ether oxygens (including phenoxy) is 1. The van der Waals surface area contributed by atoms with Crippen molar-refractivity contribution in [1.82, 2.24) is 15.8 Å². The molecule has 6 nitrogen and oxygen atoms in total. The normalized spacial score (nSPS) is 17.0. The fourth-order valence-corrected chi connectivity index (χ4v) is 2.78.